The fourth-order valence-electron chi connectivity index (χ4n) is 1.50. The van der Waals surface area contributed by atoms with E-state index in [-0.39, 0.29) is 11.8 Å². The topological polar surface area (TPSA) is 64.3 Å². The van der Waals surface area contributed by atoms with Crippen LogP contribution in [0.1, 0.15) is 13.3 Å². The second kappa shape index (κ2) is 6.47. The highest BCUT2D eigenvalue weighted by atomic mass is 35.5. The summed E-state index contributed by atoms with van der Waals surface area (Å²) in [4.78, 5) is 11.7. The molecule has 0 saturated heterocycles. The molecule has 0 aromatic heterocycles. The Morgan fingerprint density at radius 2 is 2.29 bits per heavy atom. The number of ether oxygens (including phenoxy) is 1. The third-order valence-electron chi connectivity index (χ3n) is 2.25. The predicted molar refractivity (Wildman–Crippen MR) is 70.2 cm³/mol. The highest BCUT2D eigenvalue weighted by Crippen LogP contribution is 2.24. The quantitative estimate of drug-likeness (QED) is 0.796. The average Bonchev–Trinajstić information content (AvgIpc) is 2.23. The van der Waals surface area contributed by atoms with E-state index in [2.05, 4.69) is 5.32 Å². The van der Waals surface area contributed by atoms with Crippen LogP contribution in [-0.2, 0) is 9.53 Å². The molecule has 0 spiro atoms. The van der Waals surface area contributed by atoms with E-state index in [0.29, 0.717) is 29.4 Å². The summed E-state index contributed by atoms with van der Waals surface area (Å²) in [6.07, 6.45) is 0.388. The lowest BCUT2D eigenvalue weighted by atomic mass is 10.1. The van der Waals surface area contributed by atoms with E-state index in [1.807, 2.05) is 6.92 Å². The van der Waals surface area contributed by atoms with Gasteiger partial charge in [0.1, 0.15) is 0 Å². The molecule has 0 radical (unpaired) electrons. The van der Waals surface area contributed by atoms with E-state index in [4.69, 9.17) is 22.1 Å². The summed E-state index contributed by atoms with van der Waals surface area (Å²) in [6, 6.07) is 4.98. The largest absolute Gasteiger partial charge is 0.399 e. The molecule has 94 valence electrons. The number of anilines is 2. The number of nitrogen functional groups attached to an aromatic ring is 1. The minimum absolute atomic E-state index is 0.0953. The van der Waals surface area contributed by atoms with Gasteiger partial charge >= 0.3 is 0 Å². The lowest BCUT2D eigenvalue weighted by Gasteiger charge is -2.11. The molecule has 4 nitrogen and oxygen atoms in total. The molecule has 0 aliphatic heterocycles. The molecule has 1 aromatic rings. The summed E-state index contributed by atoms with van der Waals surface area (Å²) in [6.45, 7) is 2.50. The van der Waals surface area contributed by atoms with Crippen LogP contribution in [0.25, 0.3) is 0 Å². The molecule has 0 bridgehead atoms. The van der Waals surface area contributed by atoms with Crippen molar-refractivity contribution in [2.75, 3.05) is 24.8 Å². The van der Waals surface area contributed by atoms with E-state index in [1.165, 1.54) is 0 Å². The smallest absolute Gasteiger partial charge is 0.224 e. The van der Waals surface area contributed by atoms with E-state index < -0.39 is 0 Å². The van der Waals surface area contributed by atoms with Crippen molar-refractivity contribution in [3.8, 4) is 0 Å². The SMILES string of the molecule is COCC(C)CC(=O)Nc1cc(N)ccc1Cl. The molecule has 17 heavy (non-hydrogen) atoms. The minimum Gasteiger partial charge on any atom is -0.399 e. The number of amides is 1. The molecule has 5 heteroatoms. The minimum atomic E-state index is -0.0953. The van der Waals surface area contributed by atoms with E-state index in [1.54, 1.807) is 25.3 Å². The molecule has 0 heterocycles. The number of carbonyl (C=O) groups excluding carboxylic acids is 1. The number of carbonyl (C=O) groups is 1. The third kappa shape index (κ3) is 4.63. The van der Waals surface area contributed by atoms with Crippen molar-refractivity contribution >= 4 is 28.9 Å². The zero-order valence-electron chi connectivity index (χ0n) is 10.00. The number of methoxy groups -OCH3 is 1. The summed E-state index contributed by atoms with van der Waals surface area (Å²) >= 11 is 5.94. The van der Waals surface area contributed by atoms with Crippen molar-refractivity contribution < 1.29 is 9.53 Å². The van der Waals surface area contributed by atoms with Crippen LogP contribution < -0.4 is 11.1 Å². The van der Waals surface area contributed by atoms with Crippen LogP contribution in [-0.4, -0.2) is 19.6 Å². The Morgan fingerprint density at radius 3 is 2.94 bits per heavy atom. The molecule has 1 amide bonds. The molecular formula is C12H17ClN2O2. The van der Waals surface area contributed by atoms with Gasteiger partial charge in [-0.2, -0.15) is 0 Å². The highest BCUT2D eigenvalue weighted by molar-refractivity contribution is 6.33. The van der Waals surface area contributed by atoms with Crippen molar-refractivity contribution in [1.82, 2.24) is 0 Å². The second-order valence-electron chi connectivity index (χ2n) is 4.05. The molecule has 1 rings (SSSR count). The molecule has 1 unspecified atom stereocenters. The summed E-state index contributed by atoms with van der Waals surface area (Å²) < 4.78 is 4.97. The molecule has 0 saturated carbocycles. The van der Waals surface area contributed by atoms with E-state index in [9.17, 15) is 4.79 Å². The Bertz CT molecular complexity index is 396. The molecule has 1 atom stereocenters. The molecule has 0 aliphatic rings. The number of rotatable bonds is 5. The fourth-order valence-corrected chi connectivity index (χ4v) is 1.66. The van der Waals surface area contributed by atoms with Gasteiger partial charge < -0.3 is 15.8 Å². The van der Waals surface area contributed by atoms with E-state index >= 15 is 0 Å². The maximum atomic E-state index is 11.7. The summed E-state index contributed by atoms with van der Waals surface area (Å²) in [5, 5.41) is 3.21. The van der Waals surface area contributed by atoms with Crippen LogP contribution in [0.2, 0.25) is 5.02 Å². The van der Waals surface area contributed by atoms with Gasteiger partial charge in [0.05, 0.1) is 10.7 Å². The number of halogens is 1. The van der Waals surface area contributed by atoms with Crippen LogP contribution in [0.3, 0.4) is 0 Å². The summed E-state index contributed by atoms with van der Waals surface area (Å²) in [7, 11) is 1.61. The van der Waals surface area contributed by atoms with Crippen molar-refractivity contribution in [2.45, 2.75) is 13.3 Å². The molecule has 0 fully saturated rings. The number of hydrogen-bond donors (Lipinski definition) is 2. The zero-order valence-corrected chi connectivity index (χ0v) is 10.8. The Morgan fingerprint density at radius 1 is 1.59 bits per heavy atom. The molecular weight excluding hydrogens is 240 g/mol. The highest BCUT2D eigenvalue weighted by Gasteiger charge is 2.10. The van der Waals surface area contributed by atoms with Gasteiger partial charge in [-0.1, -0.05) is 18.5 Å². The van der Waals surface area contributed by atoms with Crippen molar-refractivity contribution in [1.29, 1.82) is 0 Å². The first-order chi connectivity index (χ1) is 8.02. The van der Waals surface area contributed by atoms with Gasteiger partial charge in [-0.25, -0.2) is 0 Å². The van der Waals surface area contributed by atoms with Gasteiger partial charge in [0.15, 0.2) is 0 Å². The van der Waals surface area contributed by atoms with E-state index in [0.717, 1.165) is 0 Å². The standard InChI is InChI=1S/C12H17ClN2O2/c1-8(7-17-2)5-12(16)15-11-6-9(14)3-4-10(11)13/h3-4,6,8H,5,7,14H2,1-2H3,(H,15,16). The average molecular weight is 257 g/mol. The van der Waals surface area contributed by atoms with Crippen molar-refractivity contribution in [3.05, 3.63) is 23.2 Å². The Kier molecular flexibility index (Phi) is 5.25. The molecule has 0 aliphatic carbocycles. The molecule has 1 aromatic carbocycles. The monoisotopic (exact) mass is 256 g/mol. The van der Waals surface area contributed by atoms with Gasteiger partial charge in [-0.3, -0.25) is 4.79 Å². The first kappa shape index (κ1) is 13.8. The Balaban J connectivity index is 2.58. The van der Waals surface area contributed by atoms with Crippen LogP contribution in [0, 0.1) is 5.92 Å². The number of nitrogens with one attached hydrogen (secondary N) is 1. The van der Waals surface area contributed by atoms with Crippen molar-refractivity contribution in [2.24, 2.45) is 5.92 Å². The number of hydrogen-bond acceptors (Lipinski definition) is 3. The lowest BCUT2D eigenvalue weighted by Crippen LogP contribution is -2.17. The third-order valence-corrected chi connectivity index (χ3v) is 2.58. The first-order valence-electron chi connectivity index (χ1n) is 5.36. The van der Waals surface area contributed by atoms with Crippen LogP contribution in [0.4, 0.5) is 11.4 Å². The van der Waals surface area contributed by atoms with Crippen LogP contribution >= 0.6 is 11.6 Å². The summed E-state index contributed by atoms with van der Waals surface area (Å²) in [5.41, 5.74) is 6.73. The zero-order chi connectivity index (χ0) is 12.8. The lowest BCUT2D eigenvalue weighted by molar-refractivity contribution is -0.117. The second-order valence-corrected chi connectivity index (χ2v) is 4.46. The number of benzene rings is 1. The maximum Gasteiger partial charge on any atom is 0.224 e. The van der Waals surface area contributed by atoms with Gasteiger partial charge in [0.2, 0.25) is 5.91 Å². The Labute approximate surface area is 106 Å². The van der Waals surface area contributed by atoms with Crippen LogP contribution in [0.5, 0.6) is 0 Å². The normalized spacial score (nSPS) is 12.2. The van der Waals surface area contributed by atoms with Gasteiger partial charge in [-0.05, 0) is 24.1 Å². The van der Waals surface area contributed by atoms with Gasteiger partial charge in [0.25, 0.3) is 0 Å². The predicted octanol–water partition coefficient (Wildman–Crippen LogP) is 2.53. The number of nitrogens with two attached hydrogens (primary N) is 1. The summed E-state index contributed by atoms with van der Waals surface area (Å²) in [5.74, 6) is 0.0712. The van der Waals surface area contributed by atoms with Gasteiger partial charge in [0, 0.05) is 25.8 Å². The first-order valence-corrected chi connectivity index (χ1v) is 5.74. The van der Waals surface area contributed by atoms with Crippen molar-refractivity contribution in [3.63, 3.8) is 0 Å². The Hall–Kier alpha value is -1.26. The maximum absolute atomic E-state index is 11.7. The van der Waals surface area contributed by atoms with Gasteiger partial charge in [-0.15, -0.1) is 0 Å². The fraction of sp³-hybridized carbons (Fsp3) is 0.417. The van der Waals surface area contributed by atoms with Crippen LogP contribution in [0.15, 0.2) is 18.2 Å². The molecule has 3 N–H and O–H groups in total.